The quantitative estimate of drug-likeness (QED) is 0.545. The molecule has 2 fully saturated rings. The topological polar surface area (TPSA) is 14.1 Å². The zero-order valence-corrected chi connectivity index (χ0v) is 15.3. The van der Waals surface area contributed by atoms with Gasteiger partial charge in [-0.2, -0.15) is 7.05 Å². The largest absolute Gasteiger partial charge is 0.659 e. The zero-order valence-electron chi connectivity index (χ0n) is 15.3. The fourth-order valence-corrected chi connectivity index (χ4v) is 6.51. The minimum absolute atomic E-state index is 0.165. The van der Waals surface area contributed by atoms with Gasteiger partial charge in [-0.25, -0.2) is 0 Å². The van der Waals surface area contributed by atoms with E-state index in [2.05, 4.69) is 47.4 Å². The molecule has 0 N–H and O–H groups in total. The molecule has 0 bridgehead atoms. The van der Waals surface area contributed by atoms with Crippen LogP contribution >= 0.6 is 0 Å². The smallest absolute Gasteiger partial charge is 0.000282 e. The minimum atomic E-state index is 0.165. The van der Waals surface area contributed by atoms with Crippen LogP contribution in [0.3, 0.4) is 0 Å². The van der Waals surface area contributed by atoms with Gasteiger partial charge in [0.1, 0.15) is 0 Å². The van der Waals surface area contributed by atoms with Gasteiger partial charge in [0, 0.05) is 0 Å². The van der Waals surface area contributed by atoms with Crippen molar-refractivity contribution in [2.45, 2.75) is 71.8 Å². The SMILES string of the molecule is C=C(C)[C@@H]1CC[C@H](C)[C@H]2CC[C@](C)([N-]C)[C@@H]3CCC(C)=C[C@]231. The Morgan fingerprint density at radius 2 is 2.00 bits per heavy atom. The molecule has 0 aromatic heterocycles. The summed E-state index contributed by atoms with van der Waals surface area (Å²) < 4.78 is 0. The molecule has 6 atom stereocenters. The van der Waals surface area contributed by atoms with Crippen molar-refractivity contribution in [3.05, 3.63) is 29.1 Å². The van der Waals surface area contributed by atoms with E-state index in [0.29, 0.717) is 17.3 Å². The van der Waals surface area contributed by atoms with Gasteiger partial charge >= 0.3 is 0 Å². The summed E-state index contributed by atoms with van der Waals surface area (Å²) in [6, 6.07) is 0. The van der Waals surface area contributed by atoms with Gasteiger partial charge < -0.3 is 5.32 Å². The number of nitrogens with zero attached hydrogens (tertiary/aromatic N) is 1. The van der Waals surface area contributed by atoms with Crippen molar-refractivity contribution in [3.8, 4) is 0 Å². The van der Waals surface area contributed by atoms with Gasteiger partial charge in [0.15, 0.2) is 0 Å². The third kappa shape index (κ3) is 2.15. The molecule has 1 heteroatoms. The lowest BCUT2D eigenvalue weighted by molar-refractivity contribution is -0.0750. The summed E-state index contributed by atoms with van der Waals surface area (Å²) in [7, 11) is 2.06. The molecule has 3 aliphatic rings. The molecule has 0 aromatic rings. The van der Waals surface area contributed by atoms with Gasteiger partial charge in [-0.1, -0.05) is 50.5 Å². The summed E-state index contributed by atoms with van der Waals surface area (Å²) in [6.07, 6.45) is 10.6. The lowest BCUT2D eigenvalue weighted by atomic mass is 9.41. The van der Waals surface area contributed by atoms with Crippen molar-refractivity contribution in [3.63, 3.8) is 0 Å². The summed E-state index contributed by atoms with van der Waals surface area (Å²) in [5, 5.41) is 4.93. The van der Waals surface area contributed by atoms with Crippen LogP contribution in [-0.4, -0.2) is 12.6 Å². The molecule has 0 aromatic carbocycles. The molecule has 3 rings (SSSR count). The van der Waals surface area contributed by atoms with E-state index in [-0.39, 0.29) is 5.54 Å². The Labute approximate surface area is 137 Å². The van der Waals surface area contributed by atoms with Gasteiger partial charge in [0.25, 0.3) is 0 Å². The van der Waals surface area contributed by atoms with Crippen LogP contribution in [0.15, 0.2) is 23.8 Å². The van der Waals surface area contributed by atoms with Crippen LogP contribution in [0.1, 0.15) is 66.2 Å². The average molecular weight is 301 g/mol. The maximum atomic E-state index is 4.93. The van der Waals surface area contributed by atoms with Crippen LogP contribution in [0.4, 0.5) is 0 Å². The highest BCUT2D eigenvalue weighted by Crippen LogP contribution is 2.66. The molecule has 0 heterocycles. The first-order chi connectivity index (χ1) is 10.3. The molecule has 0 amide bonds. The van der Waals surface area contributed by atoms with Crippen LogP contribution in [0.2, 0.25) is 0 Å². The van der Waals surface area contributed by atoms with Crippen molar-refractivity contribution < 1.29 is 0 Å². The third-order valence-electron chi connectivity index (χ3n) is 7.59. The Morgan fingerprint density at radius 3 is 2.64 bits per heavy atom. The molecule has 1 spiro atoms. The van der Waals surface area contributed by atoms with Crippen molar-refractivity contribution in [2.24, 2.45) is 29.1 Å². The standard InChI is InChI=1S/C21H34N/c1-14(2)17-9-8-16(4)18-11-12-20(5,22-6)19-10-7-15(3)13-21(17,18)19/h13,16-19H,1,7-12H2,2-6H3/q-1/t16-,17-,18+,19-,20-,21-/m0/s1. The zero-order chi connectivity index (χ0) is 16.1. The Morgan fingerprint density at radius 1 is 1.27 bits per heavy atom. The lowest BCUT2D eigenvalue weighted by Crippen LogP contribution is -2.60. The Hall–Kier alpha value is -0.560. The molecule has 0 radical (unpaired) electrons. The van der Waals surface area contributed by atoms with E-state index in [0.717, 1.165) is 11.8 Å². The van der Waals surface area contributed by atoms with Crippen molar-refractivity contribution in [1.82, 2.24) is 0 Å². The summed E-state index contributed by atoms with van der Waals surface area (Å²) in [5.41, 5.74) is 3.52. The molecule has 0 aliphatic heterocycles. The monoisotopic (exact) mass is 300 g/mol. The van der Waals surface area contributed by atoms with Crippen LogP contribution < -0.4 is 0 Å². The number of hydrogen-bond acceptors (Lipinski definition) is 0. The van der Waals surface area contributed by atoms with Crippen LogP contribution in [0.5, 0.6) is 0 Å². The van der Waals surface area contributed by atoms with E-state index in [1.54, 1.807) is 5.57 Å². The van der Waals surface area contributed by atoms with E-state index >= 15 is 0 Å². The first-order valence-electron chi connectivity index (χ1n) is 9.30. The predicted octanol–water partition coefficient (Wildman–Crippen LogP) is 6.12. The highest BCUT2D eigenvalue weighted by Gasteiger charge is 2.58. The van der Waals surface area contributed by atoms with E-state index in [9.17, 15) is 0 Å². The molecule has 0 unspecified atom stereocenters. The second kappa shape index (κ2) is 5.51. The first-order valence-corrected chi connectivity index (χ1v) is 9.30. The van der Waals surface area contributed by atoms with Crippen molar-refractivity contribution in [1.29, 1.82) is 0 Å². The molecule has 124 valence electrons. The fraction of sp³-hybridized carbons (Fsp3) is 0.810. The fourth-order valence-electron chi connectivity index (χ4n) is 6.51. The Kier molecular flexibility index (Phi) is 4.08. The molecule has 1 nitrogen and oxygen atoms in total. The maximum absolute atomic E-state index is 4.93. The molecule has 3 aliphatic carbocycles. The third-order valence-corrected chi connectivity index (χ3v) is 7.59. The maximum Gasteiger partial charge on any atom is -0.000282 e. The Balaban J connectivity index is 2.17. The molecule has 2 saturated carbocycles. The van der Waals surface area contributed by atoms with E-state index in [4.69, 9.17) is 5.32 Å². The highest BCUT2D eigenvalue weighted by atomic mass is 15.0. The van der Waals surface area contributed by atoms with E-state index in [1.165, 1.54) is 44.1 Å². The van der Waals surface area contributed by atoms with Gasteiger partial charge in [-0.3, -0.25) is 0 Å². The predicted molar refractivity (Wildman–Crippen MR) is 96.0 cm³/mol. The first kappa shape index (κ1) is 16.3. The lowest BCUT2D eigenvalue weighted by Gasteiger charge is -2.68. The normalized spacial score (nSPS) is 48.1. The second-order valence-electron chi connectivity index (χ2n) is 8.76. The van der Waals surface area contributed by atoms with Crippen LogP contribution in [0.25, 0.3) is 5.32 Å². The summed E-state index contributed by atoms with van der Waals surface area (Å²) >= 11 is 0. The molecule has 22 heavy (non-hydrogen) atoms. The van der Waals surface area contributed by atoms with E-state index < -0.39 is 0 Å². The van der Waals surface area contributed by atoms with Gasteiger partial charge in [0.2, 0.25) is 0 Å². The number of allylic oxidation sites excluding steroid dienone is 3. The van der Waals surface area contributed by atoms with Crippen molar-refractivity contribution >= 4 is 0 Å². The summed E-state index contributed by atoms with van der Waals surface area (Å²) in [4.78, 5) is 0. The second-order valence-corrected chi connectivity index (χ2v) is 8.76. The van der Waals surface area contributed by atoms with Gasteiger partial charge in [-0.15, -0.1) is 5.54 Å². The van der Waals surface area contributed by atoms with Crippen LogP contribution in [-0.2, 0) is 0 Å². The summed E-state index contributed by atoms with van der Waals surface area (Å²) in [6.45, 7) is 14.0. The van der Waals surface area contributed by atoms with E-state index in [1.807, 2.05) is 0 Å². The number of rotatable bonds is 2. The average Bonchev–Trinajstić information content (AvgIpc) is 2.46. The minimum Gasteiger partial charge on any atom is -0.659 e. The molecular weight excluding hydrogens is 266 g/mol. The molecular formula is C21H34N-. The highest BCUT2D eigenvalue weighted by molar-refractivity contribution is 5.30. The van der Waals surface area contributed by atoms with Gasteiger partial charge in [-0.05, 0) is 68.6 Å². The van der Waals surface area contributed by atoms with Gasteiger partial charge in [0.05, 0.1) is 0 Å². The van der Waals surface area contributed by atoms with Crippen LogP contribution in [0, 0.1) is 29.1 Å². The molecule has 0 saturated heterocycles. The summed E-state index contributed by atoms with van der Waals surface area (Å²) in [5.74, 6) is 3.05. The Bertz CT molecular complexity index is 490. The number of hydrogen-bond donors (Lipinski definition) is 0. The van der Waals surface area contributed by atoms with Crippen molar-refractivity contribution in [2.75, 3.05) is 7.05 Å².